The number of rotatable bonds is 5. The molecule has 164 valence electrons. The third-order valence-corrected chi connectivity index (χ3v) is 6.62. The number of nitrogens with zero attached hydrogens (tertiary/aromatic N) is 6. The summed E-state index contributed by atoms with van der Waals surface area (Å²) in [4.78, 5) is 12.1. The second-order valence-corrected chi connectivity index (χ2v) is 9.00. The van der Waals surface area contributed by atoms with Crippen LogP contribution in [0.1, 0.15) is 44.1 Å². The van der Waals surface area contributed by atoms with Crippen molar-refractivity contribution in [1.82, 2.24) is 29.9 Å². The molecule has 0 radical (unpaired) electrons. The Morgan fingerprint density at radius 2 is 2.06 bits per heavy atom. The molecule has 2 aliphatic rings. The third kappa shape index (κ3) is 3.44. The summed E-state index contributed by atoms with van der Waals surface area (Å²) < 4.78 is 1.91. The van der Waals surface area contributed by atoms with Gasteiger partial charge in [-0.3, -0.25) is 14.8 Å². The summed E-state index contributed by atoms with van der Waals surface area (Å²) in [6.45, 7) is 4.79. The zero-order valence-corrected chi connectivity index (χ0v) is 18.3. The lowest BCUT2D eigenvalue weighted by Gasteiger charge is -2.33. The predicted molar refractivity (Wildman–Crippen MR) is 125 cm³/mol. The standard InChI is InChI=1S/C24H28N8/c1-2-32-13-16(11-27-32)21-10-19-22(12-26-21)29-30-23(19)20-8-7-18(15-5-6-15)24(28-20)31-9-3-4-17(25)14-31/h7-8,10-13,15,17H,2-6,9,14,25H2,1H3,(H,29,30)/t17-/m0/s1. The minimum Gasteiger partial charge on any atom is -0.355 e. The van der Waals surface area contributed by atoms with Gasteiger partial charge < -0.3 is 10.6 Å². The Bertz CT molecular complexity index is 1270. The molecule has 0 aromatic carbocycles. The van der Waals surface area contributed by atoms with E-state index in [1.165, 1.54) is 18.4 Å². The fraction of sp³-hybridized carbons (Fsp3) is 0.417. The van der Waals surface area contributed by atoms with Gasteiger partial charge in [-0.05, 0) is 56.2 Å². The molecule has 1 saturated carbocycles. The molecule has 5 heterocycles. The van der Waals surface area contributed by atoms with Gasteiger partial charge in [0.15, 0.2) is 0 Å². The first-order chi connectivity index (χ1) is 15.7. The van der Waals surface area contributed by atoms with E-state index in [2.05, 4.69) is 50.3 Å². The molecule has 32 heavy (non-hydrogen) atoms. The van der Waals surface area contributed by atoms with Crippen LogP contribution in [-0.4, -0.2) is 49.1 Å². The first-order valence-corrected chi connectivity index (χ1v) is 11.6. The van der Waals surface area contributed by atoms with Gasteiger partial charge in [0.2, 0.25) is 0 Å². The van der Waals surface area contributed by atoms with Crippen LogP contribution in [0.25, 0.3) is 33.5 Å². The SMILES string of the molecule is CCn1cc(-c2cc3c(-c4ccc(C5CC5)c(N5CCC[C@H](N)C5)n4)n[nH]c3cn2)cn1. The number of nitrogens with one attached hydrogen (secondary N) is 1. The maximum Gasteiger partial charge on any atom is 0.132 e. The van der Waals surface area contributed by atoms with E-state index in [1.54, 1.807) is 0 Å². The van der Waals surface area contributed by atoms with E-state index in [9.17, 15) is 0 Å². The quantitative estimate of drug-likeness (QED) is 0.502. The van der Waals surface area contributed by atoms with E-state index in [0.29, 0.717) is 5.92 Å². The van der Waals surface area contributed by atoms with E-state index in [1.807, 2.05) is 23.3 Å². The Balaban J connectivity index is 1.42. The number of piperidine rings is 1. The van der Waals surface area contributed by atoms with E-state index in [4.69, 9.17) is 10.7 Å². The fourth-order valence-electron chi connectivity index (χ4n) is 4.70. The molecular weight excluding hydrogens is 400 g/mol. The number of H-pyrrole nitrogens is 1. The van der Waals surface area contributed by atoms with Crippen LogP contribution in [0.2, 0.25) is 0 Å². The largest absolute Gasteiger partial charge is 0.355 e. The van der Waals surface area contributed by atoms with Crippen LogP contribution >= 0.6 is 0 Å². The van der Waals surface area contributed by atoms with Gasteiger partial charge in [-0.1, -0.05) is 6.07 Å². The number of pyridine rings is 2. The minimum absolute atomic E-state index is 0.213. The number of fused-ring (bicyclic) bond motifs is 1. The Kier molecular flexibility index (Phi) is 4.68. The van der Waals surface area contributed by atoms with Crippen LogP contribution < -0.4 is 10.6 Å². The number of hydrogen-bond donors (Lipinski definition) is 2. The molecule has 4 aromatic rings. The van der Waals surface area contributed by atoms with Crippen LogP contribution in [0.3, 0.4) is 0 Å². The highest BCUT2D eigenvalue weighted by molar-refractivity contribution is 5.93. The zero-order valence-electron chi connectivity index (χ0n) is 18.3. The smallest absolute Gasteiger partial charge is 0.132 e. The number of nitrogens with two attached hydrogens (primary N) is 1. The predicted octanol–water partition coefficient (Wildman–Crippen LogP) is 3.71. The summed E-state index contributed by atoms with van der Waals surface area (Å²) in [5.41, 5.74) is 12.2. The third-order valence-electron chi connectivity index (χ3n) is 6.62. The first kappa shape index (κ1) is 19.4. The Morgan fingerprint density at radius 1 is 1.16 bits per heavy atom. The first-order valence-electron chi connectivity index (χ1n) is 11.6. The second-order valence-electron chi connectivity index (χ2n) is 9.00. The molecule has 1 aliphatic carbocycles. The van der Waals surface area contributed by atoms with Gasteiger partial charge in [0.05, 0.1) is 29.3 Å². The summed E-state index contributed by atoms with van der Waals surface area (Å²) in [6.07, 6.45) is 10.4. The van der Waals surface area contributed by atoms with E-state index >= 15 is 0 Å². The van der Waals surface area contributed by atoms with Crippen LogP contribution in [0, 0.1) is 0 Å². The lowest BCUT2D eigenvalue weighted by molar-refractivity contribution is 0.502. The van der Waals surface area contributed by atoms with Gasteiger partial charge in [0.1, 0.15) is 11.5 Å². The molecule has 0 amide bonds. The van der Waals surface area contributed by atoms with Crippen molar-refractivity contribution in [2.45, 2.75) is 51.1 Å². The van der Waals surface area contributed by atoms with Crippen molar-refractivity contribution in [3.05, 3.63) is 42.4 Å². The van der Waals surface area contributed by atoms with Gasteiger partial charge in [-0.2, -0.15) is 10.2 Å². The van der Waals surface area contributed by atoms with Crippen molar-refractivity contribution in [2.24, 2.45) is 5.73 Å². The minimum atomic E-state index is 0.213. The molecule has 8 heteroatoms. The molecular formula is C24H28N8. The van der Waals surface area contributed by atoms with Crippen molar-refractivity contribution in [2.75, 3.05) is 18.0 Å². The molecule has 6 rings (SSSR count). The van der Waals surface area contributed by atoms with Crippen molar-refractivity contribution in [1.29, 1.82) is 0 Å². The van der Waals surface area contributed by atoms with Gasteiger partial charge in [0.25, 0.3) is 0 Å². The van der Waals surface area contributed by atoms with Crippen LogP contribution in [0.15, 0.2) is 36.8 Å². The number of aromatic nitrogens is 6. The highest BCUT2D eigenvalue weighted by Gasteiger charge is 2.30. The lowest BCUT2D eigenvalue weighted by atomic mass is 10.0. The second kappa shape index (κ2) is 7.70. The summed E-state index contributed by atoms with van der Waals surface area (Å²) in [5.74, 6) is 1.72. The normalized spacial score (nSPS) is 19.1. The number of aryl methyl sites for hydroxylation is 1. The van der Waals surface area contributed by atoms with Gasteiger partial charge >= 0.3 is 0 Å². The van der Waals surface area contributed by atoms with Crippen molar-refractivity contribution < 1.29 is 0 Å². The Hall–Kier alpha value is -3.26. The average Bonchev–Trinajstić information content (AvgIpc) is 3.40. The van der Waals surface area contributed by atoms with Crippen LogP contribution in [0.4, 0.5) is 5.82 Å². The van der Waals surface area contributed by atoms with Crippen molar-refractivity contribution in [3.8, 4) is 22.6 Å². The maximum absolute atomic E-state index is 6.29. The summed E-state index contributed by atoms with van der Waals surface area (Å²) in [5, 5.41) is 13.2. The van der Waals surface area contributed by atoms with Crippen molar-refractivity contribution >= 4 is 16.7 Å². The summed E-state index contributed by atoms with van der Waals surface area (Å²) in [7, 11) is 0. The fourth-order valence-corrected chi connectivity index (χ4v) is 4.70. The van der Waals surface area contributed by atoms with Gasteiger partial charge in [-0.15, -0.1) is 0 Å². The van der Waals surface area contributed by atoms with Crippen LogP contribution in [0.5, 0.6) is 0 Å². The molecule has 3 N–H and O–H groups in total. The highest BCUT2D eigenvalue weighted by Crippen LogP contribution is 2.45. The zero-order chi connectivity index (χ0) is 21.7. The molecule has 0 spiro atoms. The molecule has 2 fully saturated rings. The number of hydrogen-bond acceptors (Lipinski definition) is 6. The molecule has 8 nitrogen and oxygen atoms in total. The van der Waals surface area contributed by atoms with Crippen molar-refractivity contribution in [3.63, 3.8) is 0 Å². The lowest BCUT2D eigenvalue weighted by Crippen LogP contribution is -2.43. The molecule has 1 saturated heterocycles. The van der Waals surface area contributed by atoms with Gasteiger partial charge in [-0.25, -0.2) is 4.98 Å². The summed E-state index contributed by atoms with van der Waals surface area (Å²) in [6, 6.07) is 6.66. The Morgan fingerprint density at radius 3 is 2.84 bits per heavy atom. The van der Waals surface area contributed by atoms with Crippen LogP contribution in [-0.2, 0) is 6.54 Å². The van der Waals surface area contributed by atoms with E-state index in [0.717, 1.165) is 71.8 Å². The Labute approximate surface area is 186 Å². The summed E-state index contributed by atoms with van der Waals surface area (Å²) >= 11 is 0. The average molecular weight is 429 g/mol. The molecule has 1 atom stereocenters. The topological polar surface area (TPSA) is 102 Å². The van der Waals surface area contributed by atoms with E-state index in [-0.39, 0.29) is 6.04 Å². The monoisotopic (exact) mass is 428 g/mol. The maximum atomic E-state index is 6.29. The molecule has 0 unspecified atom stereocenters. The highest BCUT2D eigenvalue weighted by atomic mass is 15.3. The molecule has 4 aromatic heterocycles. The number of aromatic amines is 1. The molecule has 1 aliphatic heterocycles. The van der Waals surface area contributed by atoms with Gasteiger partial charge in [0, 0.05) is 42.8 Å². The van der Waals surface area contributed by atoms with E-state index < -0.39 is 0 Å². The molecule has 0 bridgehead atoms. The number of anilines is 1.